The molecule has 230 valence electrons. The van der Waals surface area contributed by atoms with Crippen LogP contribution >= 0.6 is 15.9 Å². The number of carbonyl (C=O) groups is 2. The first kappa shape index (κ1) is 32.3. The molecule has 0 saturated heterocycles. The van der Waals surface area contributed by atoms with Gasteiger partial charge in [-0.05, 0) is 55.7 Å². The van der Waals surface area contributed by atoms with Gasteiger partial charge in [-0.25, -0.2) is 8.42 Å². The summed E-state index contributed by atoms with van der Waals surface area (Å²) in [5.74, 6) is 0.567. The second-order valence-corrected chi connectivity index (χ2v) is 13.6. The number of benzene rings is 3. The predicted molar refractivity (Wildman–Crippen MR) is 171 cm³/mol. The highest BCUT2D eigenvalue weighted by atomic mass is 79.9. The van der Waals surface area contributed by atoms with Gasteiger partial charge >= 0.3 is 0 Å². The number of sulfonamides is 1. The molecule has 2 amide bonds. The number of hydrogen-bond donors (Lipinski definition) is 1. The zero-order chi connectivity index (χ0) is 31.0. The van der Waals surface area contributed by atoms with Crippen molar-refractivity contribution in [1.29, 1.82) is 0 Å². The Morgan fingerprint density at radius 2 is 1.60 bits per heavy atom. The minimum absolute atomic E-state index is 0.0490. The quantitative estimate of drug-likeness (QED) is 0.276. The molecule has 0 radical (unpaired) electrons. The molecule has 0 spiro atoms. The van der Waals surface area contributed by atoms with E-state index < -0.39 is 16.1 Å². The Hall–Kier alpha value is -3.57. The molecule has 43 heavy (non-hydrogen) atoms. The van der Waals surface area contributed by atoms with Crippen molar-refractivity contribution in [3.63, 3.8) is 0 Å². The molecule has 3 aromatic rings. The molecule has 1 aliphatic rings. The van der Waals surface area contributed by atoms with Crippen LogP contribution < -0.4 is 19.1 Å². The number of nitrogens with one attached hydrogen (secondary N) is 1. The predicted octanol–water partition coefficient (Wildman–Crippen LogP) is 4.93. The molecule has 4 rings (SSSR count). The van der Waals surface area contributed by atoms with Gasteiger partial charge in [-0.1, -0.05) is 58.4 Å². The molecule has 11 heteroatoms. The molecule has 1 unspecified atom stereocenters. The van der Waals surface area contributed by atoms with E-state index in [0.29, 0.717) is 36.8 Å². The van der Waals surface area contributed by atoms with Crippen LogP contribution in [0.1, 0.15) is 37.8 Å². The zero-order valence-electron chi connectivity index (χ0n) is 24.7. The van der Waals surface area contributed by atoms with Gasteiger partial charge in [0.2, 0.25) is 21.8 Å². The number of carbonyl (C=O) groups excluding carboxylic acids is 2. The van der Waals surface area contributed by atoms with Crippen molar-refractivity contribution in [1.82, 2.24) is 10.2 Å². The van der Waals surface area contributed by atoms with E-state index >= 15 is 0 Å². The fraction of sp³-hybridized carbons (Fsp3) is 0.375. The molecule has 1 atom stereocenters. The van der Waals surface area contributed by atoms with E-state index in [1.807, 2.05) is 68.4 Å². The number of halogens is 1. The maximum Gasteiger partial charge on any atom is 0.243 e. The van der Waals surface area contributed by atoms with Crippen LogP contribution in [0.25, 0.3) is 0 Å². The van der Waals surface area contributed by atoms with Gasteiger partial charge in [-0.2, -0.15) is 0 Å². The van der Waals surface area contributed by atoms with E-state index in [1.165, 1.54) is 4.31 Å². The van der Waals surface area contributed by atoms with Crippen LogP contribution in [-0.2, 0) is 32.6 Å². The number of fused-ring (bicyclic) bond motifs is 1. The van der Waals surface area contributed by atoms with Gasteiger partial charge in [0, 0.05) is 42.5 Å². The minimum Gasteiger partial charge on any atom is -0.486 e. The molecular formula is C32H38BrN3O6S. The highest BCUT2D eigenvalue weighted by molar-refractivity contribution is 9.10. The van der Waals surface area contributed by atoms with Crippen LogP contribution in [0.4, 0.5) is 5.69 Å². The van der Waals surface area contributed by atoms with Crippen LogP contribution in [0, 0.1) is 0 Å². The number of nitrogens with zero attached hydrogens (tertiary/aromatic N) is 2. The summed E-state index contributed by atoms with van der Waals surface area (Å²) in [6, 6.07) is 21.4. The van der Waals surface area contributed by atoms with Gasteiger partial charge < -0.3 is 19.7 Å². The summed E-state index contributed by atoms with van der Waals surface area (Å²) in [6.07, 6.45) is 1.78. The van der Waals surface area contributed by atoms with Crippen molar-refractivity contribution in [3.8, 4) is 11.5 Å². The van der Waals surface area contributed by atoms with Crippen LogP contribution in [0.15, 0.2) is 77.3 Å². The van der Waals surface area contributed by atoms with Crippen LogP contribution in [0.2, 0.25) is 0 Å². The minimum atomic E-state index is -3.66. The van der Waals surface area contributed by atoms with E-state index in [2.05, 4.69) is 21.2 Å². The normalized spacial score (nSPS) is 13.3. The molecule has 0 aliphatic carbocycles. The SMILES string of the molecule is CC(C)NC(=O)C(Cc1ccccc1)N(Cc1ccc(Br)cc1)C(=O)CCCN(c1ccc2c(c1)OCCO2)S(C)(=O)=O. The van der Waals surface area contributed by atoms with E-state index in [-0.39, 0.29) is 43.8 Å². The van der Waals surface area contributed by atoms with E-state index in [9.17, 15) is 18.0 Å². The van der Waals surface area contributed by atoms with Crippen molar-refractivity contribution in [3.05, 3.63) is 88.4 Å². The van der Waals surface area contributed by atoms with Gasteiger partial charge in [-0.3, -0.25) is 13.9 Å². The Bertz CT molecular complexity index is 1500. The molecule has 1 aliphatic heterocycles. The van der Waals surface area contributed by atoms with Crippen molar-refractivity contribution >= 4 is 43.5 Å². The highest BCUT2D eigenvalue weighted by Gasteiger charge is 2.31. The summed E-state index contributed by atoms with van der Waals surface area (Å²) < 4.78 is 39.0. The lowest BCUT2D eigenvalue weighted by molar-refractivity contribution is -0.141. The Kier molecular flexibility index (Phi) is 11.1. The third kappa shape index (κ3) is 9.21. The van der Waals surface area contributed by atoms with Crippen LogP contribution in [-0.4, -0.2) is 63.2 Å². The van der Waals surface area contributed by atoms with E-state index in [4.69, 9.17) is 9.47 Å². The summed E-state index contributed by atoms with van der Waals surface area (Å²) >= 11 is 3.45. The second-order valence-electron chi connectivity index (χ2n) is 10.8. The maximum atomic E-state index is 13.9. The van der Waals surface area contributed by atoms with Crippen molar-refractivity contribution in [2.45, 2.75) is 51.7 Å². The van der Waals surface area contributed by atoms with Gasteiger partial charge in [-0.15, -0.1) is 0 Å². The standard InChI is InChI=1S/C32H38BrN3O6S/c1-23(2)34-32(38)28(20-24-8-5-4-6-9-24)35(22-25-11-13-26(33)14-12-25)31(37)10-7-17-36(43(3,39)40)27-15-16-29-30(21-27)42-19-18-41-29/h4-6,8-9,11-16,21,23,28H,7,10,17-20,22H2,1-3H3,(H,34,38). The summed E-state index contributed by atoms with van der Waals surface area (Å²) in [7, 11) is -3.66. The molecule has 1 heterocycles. The fourth-order valence-corrected chi connectivity index (χ4v) is 6.13. The summed E-state index contributed by atoms with van der Waals surface area (Å²) in [6.45, 7) is 4.89. The first-order chi connectivity index (χ1) is 20.5. The molecule has 9 nitrogen and oxygen atoms in total. The first-order valence-corrected chi connectivity index (χ1v) is 16.9. The highest BCUT2D eigenvalue weighted by Crippen LogP contribution is 2.35. The average Bonchev–Trinajstić information content (AvgIpc) is 2.97. The van der Waals surface area contributed by atoms with Crippen molar-refractivity contribution in [2.24, 2.45) is 0 Å². The number of hydrogen-bond acceptors (Lipinski definition) is 6. The molecule has 3 aromatic carbocycles. The van der Waals surface area contributed by atoms with Crippen molar-refractivity contribution in [2.75, 3.05) is 30.3 Å². The Morgan fingerprint density at radius 1 is 0.930 bits per heavy atom. The lowest BCUT2D eigenvalue weighted by Crippen LogP contribution is -2.51. The topological polar surface area (TPSA) is 105 Å². The first-order valence-electron chi connectivity index (χ1n) is 14.3. The monoisotopic (exact) mass is 671 g/mol. The van der Waals surface area contributed by atoms with Crippen LogP contribution in [0.3, 0.4) is 0 Å². The summed E-state index contributed by atoms with van der Waals surface area (Å²) in [4.78, 5) is 29.1. The Balaban J connectivity index is 1.57. The largest absolute Gasteiger partial charge is 0.486 e. The van der Waals surface area contributed by atoms with Gasteiger partial charge in [0.1, 0.15) is 19.3 Å². The second kappa shape index (κ2) is 14.7. The number of amides is 2. The lowest BCUT2D eigenvalue weighted by atomic mass is 10.0. The molecule has 0 saturated carbocycles. The third-order valence-electron chi connectivity index (χ3n) is 6.93. The smallest absolute Gasteiger partial charge is 0.243 e. The van der Waals surface area contributed by atoms with E-state index in [1.54, 1.807) is 23.1 Å². The number of ether oxygens (including phenoxy) is 2. The van der Waals surface area contributed by atoms with E-state index in [0.717, 1.165) is 21.9 Å². The zero-order valence-corrected chi connectivity index (χ0v) is 27.1. The lowest BCUT2D eigenvalue weighted by Gasteiger charge is -2.32. The van der Waals surface area contributed by atoms with Crippen LogP contribution in [0.5, 0.6) is 11.5 Å². The fourth-order valence-electron chi connectivity index (χ4n) is 4.91. The summed E-state index contributed by atoms with van der Waals surface area (Å²) in [5, 5.41) is 2.98. The Morgan fingerprint density at radius 3 is 2.26 bits per heavy atom. The molecular weight excluding hydrogens is 634 g/mol. The summed E-state index contributed by atoms with van der Waals surface area (Å²) in [5.41, 5.74) is 2.24. The Labute approximate surface area is 262 Å². The van der Waals surface area contributed by atoms with Crippen molar-refractivity contribution < 1.29 is 27.5 Å². The number of rotatable bonds is 13. The van der Waals surface area contributed by atoms with Gasteiger partial charge in [0.05, 0.1) is 11.9 Å². The molecule has 0 fully saturated rings. The van der Waals surface area contributed by atoms with Gasteiger partial charge in [0.25, 0.3) is 0 Å². The molecule has 0 bridgehead atoms. The molecule has 0 aromatic heterocycles. The van der Waals surface area contributed by atoms with Gasteiger partial charge in [0.15, 0.2) is 11.5 Å². The molecule has 1 N–H and O–H groups in total. The average molecular weight is 673 g/mol. The number of anilines is 1. The maximum absolute atomic E-state index is 13.9. The third-order valence-corrected chi connectivity index (χ3v) is 8.66.